The van der Waals surface area contributed by atoms with Gasteiger partial charge in [-0.3, -0.25) is 0 Å². The second kappa shape index (κ2) is 8.93. The summed E-state index contributed by atoms with van der Waals surface area (Å²) in [7, 11) is -1.01. The molecule has 0 amide bonds. The molecule has 0 radical (unpaired) electrons. The highest BCUT2D eigenvalue weighted by atomic mass is 28.2. The second-order valence-corrected chi connectivity index (χ2v) is 6.79. The van der Waals surface area contributed by atoms with Crippen molar-refractivity contribution in [3.8, 4) is 0 Å². The zero-order valence-corrected chi connectivity index (χ0v) is 14.4. The van der Waals surface area contributed by atoms with E-state index in [9.17, 15) is 0 Å². The maximum atomic E-state index is 5.81. The maximum absolute atomic E-state index is 5.81. The van der Waals surface area contributed by atoms with Crippen molar-refractivity contribution in [2.75, 3.05) is 0 Å². The third-order valence-electron chi connectivity index (χ3n) is 2.36. The van der Waals surface area contributed by atoms with Gasteiger partial charge in [0, 0.05) is 0 Å². The van der Waals surface area contributed by atoms with Crippen LogP contribution in [0.3, 0.4) is 0 Å². The molecule has 0 bridgehead atoms. The Labute approximate surface area is 105 Å². The lowest BCUT2D eigenvalue weighted by Crippen LogP contribution is -2.28. The first-order valence-corrected chi connectivity index (χ1v) is 8.72. The summed E-state index contributed by atoms with van der Waals surface area (Å²) in [5.41, 5.74) is 7.17. The fraction of sp³-hybridized carbons (Fsp3) is 0.667. The van der Waals surface area contributed by atoms with E-state index in [2.05, 4.69) is 52.9 Å². The van der Waals surface area contributed by atoms with Gasteiger partial charge in [-0.15, -0.1) is 0 Å². The van der Waals surface area contributed by atoms with Crippen molar-refractivity contribution in [2.45, 2.75) is 53.8 Å². The third-order valence-corrected chi connectivity index (χ3v) is 5.77. The van der Waals surface area contributed by atoms with Crippen molar-refractivity contribution in [1.82, 2.24) is 0 Å². The molecule has 0 heterocycles. The van der Waals surface area contributed by atoms with Crippen molar-refractivity contribution in [1.29, 1.82) is 0 Å². The summed E-state index contributed by atoms with van der Waals surface area (Å²) in [6.45, 7) is 12.7. The first kappa shape index (κ1) is 15.8. The van der Waals surface area contributed by atoms with Crippen LogP contribution in [0.2, 0.25) is 0 Å². The van der Waals surface area contributed by atoms with E-state index in [1.54, 1.807) is 0 Å². The Morgan fingerprint density at radius 3 is 1.38 bits per heavy atom. The smallest absolute Gasteiger partial charge is 0.185 e. The normalized spacial score (nSPS) is 15.6. The van der Waals surface area contributed by atoms with Crippen LogP contribution in [0.15, 0.2) is 22.5 Å². The molecule has 0 aromatic carbocycles. The summed E-state index contributed by atoms with van der Waals surface area (Å²) < 4.78 is 11.6. The second-order valence-electron chi connectivity index (χ2n) is 4.64. The summed E-state index contributed by atoms with van der Waals surface area (Å²) in [4.78, 5) is 0. The molecule has 4 heteroatoms. The molecule has 0 saturated heterocycles. The minimum Gasteiger partial charge on any atom is -0.414 e. The standard InChI is InChI=1S/C12H26O2Si2/c1-9(2)7-15-13-11(5)12(6)14-16-8-10(3)4/h7-8,11-12H,15-16H2,1-6H3. The highest BCUT2D eigenvalue weighted by molar-refractivity contribution is 6.35. The minimum absolute atomic E-state index is 0.223. The molecular formula is C12H26O2Si2. The van der Waals surface area contributed by atoms with E-state index in [1.807, 2.05) is 0 Å². The summed E-state index contributed by atoms with van der Waals surface area (Å²) in [5.74, 6) is 0. The van der Waals surface area contributed by atoms with Crippen LogP contribution in [-0.4, -0.2) is 31.7 Å². The lowest BCUT2D eigenvalue weighted by molar-refractivity contribution is 0.0869. The quantitative estimate of drug-likeness (QED) is 0.649. The first-order valence-electron chi connectivity index (χ1n) is 5.93. The molecule has 2 atom stereocenters. The molecule has 16 heavy (non-hydrogen) atoms. The van der Waals surface area contributed by atoms with E-state index in [0.29, 0.717) is 0 Å². The fourth-order valence-corrected chi connectivity index (χ4v) is 3.01. The van der Waals surface area contributed by atoms with E-state index < -0.39 is 19.5 Å². The molecule has 0 aliphatic heterocycles. The topological polar surface area (TPSA) is 18.5 Å². The van der Waals surface area contributed by atoms with E-state index in [1.165, 1.54) is 11.1 Å². The Balaban J connectivity index is 3.77. The summed E-state index contributed by atoms with van der Waals surface area (Å²) in [6, 6.07) is 0. The number of allylic oxidation sites excluding steroid dienone is 2. The molecule has 0 rings (SSSR count). The van der Waals surface area contributed by atoms with Gasteiger partial charge in [-0.25, -0.2) is 0 Å². The van der Waals surface area contributed by atoms with Crippen LogP contribution in [-0.2, 0) is 8.85 Å². The van der Waals surface area contributed by atoms with Gasteiger partial charge >= 0.3 is 0 Å². The Hall–Kier alpha value is -0.166. The van der Waals surface area contributed by atoms with Crippen LogP contribution in [0.5, 0.6) is 0 Å². The van der Waals surface area contributed by atoms with Gasteiger partial charge in [0.15, 0.2) is 19.5 Å². The van der Waals surface area contributed by atoms with Crippen LogP contribution in [0.1, 0.15) is 41.5 Å². The maximum Gasteiger partial charge on any atom is 0.185 e. The average molecular weight is 259 g/mol. The lowest BCUT2D eigenvalue weighted by atomic mass is 10.3. The molecule has 0 spiro atoms. The molecule has 0 fully saturated rings. The van der Waals surface area contributed by atoms with Crippen molar-refractivity contribution in [2.24, 2.45) is 0 Å². The minimum atomic E-state index is -0.507. The van der Waals surface area contributed by atoms with Crippen LogP contribution >= 0.6 is 0 Å². The van der Waals surface area contributed by atoms with Gasteiger partial charge in [0.1, 0.15) is 0 Å². The van der Waals surface area contributed by atoms with E-state index >= 15 is 0 Å². The van der Waals surface area contributed by atoms with Gasteiger partial charge in [0.2, 0.25) is 0 Å². The molecule has 0 aliphatic rings. The van der Waals surface area contributed by atoms with E-state index in [0.717, 1.165) is 0 Å². The number of hydrogen-bond acceptors (Lipinski definition) is 2. The van der Waals surface area contributed by atoms with Crippen LogP contribution < -0.4 is 0 Å². The lowest BCUT2D eigenvalue weighted by Gasteiger charge is -2.20. The van der Waals surface area contributed by atoms with Crippen LogP contribution in [0, 0.1) is 0 Å². The predicted octanol–water partition coefficient (Wildman–Crippen LogP) is 1.81. The number of hydrogen-bond donors (Lipinski definition) is 0. The van der Waals surface area contributed by atoms with E-state index in [-0.39, 0.29) is 12.2 Å². The van der Waals surface area contributed by atoms with Crippen molar-refractivity contribution < 1.29 is 8.85 Å². The summed E-state index contributed by atoms with van der Waals surface area (Å²) >= 11 is 0. The number of rotatable bonds is 7. The van der Waals surface area contributed by atoms with Gasteiger partial charge in [-0.05, 0) is 41.5 Å². The van der Waals surface area contributed by atoms with Gasteiger partial charge in [-0.1, -0.05) is 22.5 Å². The third kappa shape index (κ3) is 9.09. The highest BCUT2D eigenvalue weighted by Crippen LogP contribution is 2.03. The molecule has 0 saturated carbocycles. The molecule has 0 N–H and O–H groups in total. The summed E-state index contributed by atoms with van der Waals surface area (Å²) in [6.07, 6.45) is 0.445. The molecule has 0 aliphatic carbocycles. The molecule has 2 unspecified atom stereocenters. The molecule has 94 valence electrons. The van der Waals surface area contributed by atoms with Gasteiger partial charge in [-0.2, -0.15) is 0 Å². The Morgan fingerprint density at radius 1 is 0.812 bits per heavy atom. The van der Waals surface area contributed by atoms with E-state index in [4.69, 9.17) is 8.85 Å². The molecular weight excluding hydrogens is 232 g/mol. The zero-order chi connectivity index (χ0) is 12.6. The fourth-order valence-electron chi connectivity index (χ4n) is 1.00. The van der Waals surface area contributed by atoms with Gasteiger partial charge in [0.05, 0.1) is 12.2 Å². The largest absolute Gasteiger partial charge is 0.414 e. The van der Waals surface area contributed by atoms with Gasteiger partial charge in [0.25, 0.3) is 0 Å². The average Bonchev–Trinajstić information content (AvgIpc) is 2.16. The Kier molecular flexibility index (Phi) is 8.83. The van der Waals surface area contributed by atoms with Crippen LogP contribution in [0.25, 0.3) is 0 Å². The Morgan fingerprint density at radius 2 is 1.12 bits per heavy atom. The SMILES string of the molecule is CC(C)=C[SiH2]OC(C)C(C)O[SiH2]C=C(C)C. The summed E-state index contributed by atoms with van der Waals surface area (Å²) in [5, 5.41) is 0. The van der Waals surface area contributed by atoms with Gasteiger partial charge < -0.3 is 8.85 Å². The first-order chi connectivity index (χ1) is 7.43. The molecule has 0 aromatic heterocycles. The predicted molar refractivity (Wildman–Crippen MR) is 77.0 cm³/mol. The molecule has 0 aromatic rings. The zero-order valence-electron chi connectivity index (χ0n) is 11.5. The Bertz CT molecular complexity index is 215. The van der Waals surface area contributed by atoms with Crippen molar-refractivity contribution >= 4 is 19.5 Å². The highest BCUT2D eigenvalue weighted by Gasteiger charge is 2.11. The van der Waals surface area contributed by atoms with Crippen LogP contribution in [0.4, 0.5) is 0 Å². The molecule has 2 nitrogen and oxygen atoms in total. The monoisotopic (exact) mass is 258 g/mol. The van der Waals surface area contributed by atoms with Crippen molar-refractivity contribution in [3.63, 3.8) is 0 Å². The van der Waals surface area contributed by atoms with Crippen molar-refractivity contribution in [3.05, 3.63) is 22.5 Å².